The molecule has 3 aromatic rings. The molecule has 4 rings (SSSR count). The van der Waals surface area contributed by atoms with Gasteiger partial charge >= 0.3 is 0 Å². The zero-order valence-corrected chi connectivity index (χ0v) is 20.4. The highest BCUT2D eigenvalue weighted by atomic mass is 32.2. The fourth-order valence-corrected chi connectivity index (χ4v) is 6.24. The van der Waals surface area contributed by atoms with E-state index in [1.165, 1.54) is 22.7 Å². The van der Waals surface area contributed by atoms with Crippen LogP contribution in [0.4, 0.5) is 0 Å². The normalized spacial score (nSPS) is 17.0. The first-order valence-electron chi connectivity index (χ1n) is 9.49. The Labute approximate surface area is 198 Å². The third kappa shape index (κ3) is 3.68. The smallest absolute Gasteiger partial charge is 0.203 e. The first-order valence-corrected chi connectivity index (χ1v) is 12.4. The number of thiophene rings is 1. The fraction of sp³-hybridized carbons (Fsp3) is 0.227. The fourth-order valence-electron chi connectivity index (χ4n) is 3.52. The van der Waals surface area contributed by atoms with Gasteiger partial charge in [-0.1, -0.05) is 0 Å². The highest BCUT2D eigenvalue weighted by molar-refractivity contribution is 8.00. The molecule has 1 unspecified atom stereocenters. The number of rotatable bonds is 8. The number of allylic oxidation sites excluding steroid dienone is 1. The van der Waals surface area contributed by atoms with Gasteiger partial charge in [0.1, 0.15) is 10.8 Å². The molecule has 1 atom stereocenters. The van der Waals surface area contributed by atoms with Gasteiger partial charge in [-0.15, -0.1) is 34.4 Å². The number of hydrogen-bond acceptors (Lipinski definition) is 9. The number of methoxy groups -OCH3 is 3. The summed E-state index contributed by atoms with van der Waals surface area (Å²) in [7, 11) is 4.77. The van der Waals surface area contributed by atoms with Gasteiger partial charge in [0.25, 0.3) is 0 Å². The summed E-state index contributed by atoms with van der Waals surface area (Å²) in [5.41, 5.74) is 7.58. The van der Waals surface area contributed by atoms with E-state index in [1.54, 1.807) is 39.3 Å². The van der Waals surface area contributed by atoms with Crippen molar-refractivity contribution in [3.05, 3.63) is 51.2 Å². The number of nitrogens with zero attached hydrogens (tertiary/aromatic N) is 2. The third-order valence-electron chi connectivity index (χ3n) is 5.06. The van der Waals surface area contributed by atoms with Crippen LogP contribution in [0.1, 0.15) is 15.4 Å². The Hall–Kier alpha value is -2.82. The number of nitrogens with one attached hydrogen (secondary N) is 1. The summed E-state index contributed by atoms with van der Waals surface area (Å²) >= 11 is 4.65. The molecule has 10 heteroatoms. The Morgan fingerprint density at radius 1 is 1.12 bits per heavy atom. The average molecular weight is 487 g/mol. The molecular formula is C22H22N4O3S3. The van der Waals surface area contributed by atoms with Crippen LogP contribution in [0.5, 0.6) is 17.2 Å². The molecule has 1 aromatic carbocycles. The Balaban J connectivity index is 1.84. The number of thiazole rings is 1. The van der Waals surface area contributed by atoms with Crippen molar-refractivity contribution in [1.29, 1.82) is 5.41 Å². The summed E-state index contributed by atoms with van der Waals surface area (Å²) in [5.74, 6) is 1.70. The van der Waals surface area contributed by atoms with Gasteiger partial charge in [-0.2, -0.15) is 0 Å². The molecule has 0 saturated heterocycles. The molecule has 32 heavy (non-hydrogen) atoms. The van der Waals surface area contributed by atoms with Crippen molar-refractivity contribution in [3.8, 4) is 28.5 Å². The van der Waals surface area contributed by atoms with E-state index in [-0.39, 0.29) is 5.84 Å². The maximum atomic E-state index is 7.78. The van der Waals surface area contributed by atoms with Crippen LogP contribution in [-0.4, -0.2) is 44.6 Å². The Bertz CT molecular complexity index is 1190. The number of hydrogen-bond donors (Lipinski definition) is 2. The molecule has 1 aliphatic rings. The first-order chi connectivity index (χ1) is 15.5. The molecular weight excluding hydrogens is 464 g/mol. The van der Waals surface area contributed by atoms with E-state index in [9.17, 15) is 0 Å². The van der Waals surface area contributed by atoms with Crippen molar-refractivity contribution in [2.45, 2.75) is 9.75 Å². The maximum Gasteiger partial charge on any atom is 0.203 e. The lowest BCUT2D eigenvalue weighted by Crippen LogP contribution is -2.21. The molecule has 0 spiro atoms. The lowest BCUT2D eigenvalue weighted by atomic mass is 9.91. The zero-order valence-electron chi connectivity index (χ0n) is 18.0. The molecule has 0 fully saturated rings. The van der Waals surface area contributed by atoms with Crippen LogP contribution < -0.4 is 19.9 Å². The van der Waals surface area contributed by atoms with Gasteiger partial charge in [0.2, 0.25) is 5.75 Å². The number of nitrogen functional groups attached to an aromatic ring is 1. The molecule has 0 radical (unpaired) electrons. The van der Waals surface area contributed by atoms with Crippen molar-refractivity contribution in [2.75, 3.05) is 27.6 Å². The minimum absolute atomic E-state index is 0.0595. The SMILES string of the molecule is COc1cc(C2(c3nc(-c4cc(C(=N)N)sc4SC)cs3)C=CC=N2)cc(OC)c1OC. The van der Waals surface area contributed by atoms with Gasteiger partial charge in [-0.05, 0) is 42.2 Å². The summed E-state index contributed by atoms with van der Waals surface area (Å²) in [6.45, 7) is 0. The van der Waals surface area contributed by atoms with Crippen LogP contribution >= 0.6 is 34.4 Å². The molecule has 166 valence electrons. The summed E-state index contributed by atoms with van der Waals surface area (Å²) in [4.78, 5) is 10.5. The van der Waals surface area contributed by atoms with Crippen LogP contribution in [0.2, 0.25) is 0 Å². The van der Waals surface area contributed by atoms with Gasteiger partial charge in [-0.25, -0.2) is 4.98 Å². The van der Waals surface area contributed by atoms with Crippen molar-refractivity contribution in [3.63, 3.8) is 0 Å². The van der Waals surface area contributed by atoms with E-state index in [0.29, 0.717) is 17.2 Å². The predicted octanol–water partition coefficient (Wildman–Crippen LogP) is 4.79. The molecule has 2 aromatic heterocycles. The second-order valence-corrected chi connectivity index (χ2v) is 9.77. The molecule has 3 N–H and O–H groups in total. The van der Waals surface area contributed by atoms with Gasteiger partial charge in [-0.3, -0.25) is 10.4 Å². The topological polar surface area (TPSA) is 103 Å². The van der Waals surface area contributed by atoms with Gasteiger partial charge in [0.15, 0.2) is 17.0 Å². The van der Waals surface area contributed by atoms with E-state index in [2.05, 4.69) is 0 Å². The van der Waals surface area contributed by atoms with E-state index in [0.717, 1.165) is 30.9 Å². The summed E-state index contributed by atoms with van der Waals surface area (Å²) in [6, 6.07) is 5.74. The van der Waals surface area contributed by atoms with Crippen molar-refractivity contribution in [2.24, 2.45) is 10.7 Å². The highest BCUT2D eigenvalue weighted by Gasteiger charge is 2.38. The van der Waals surface area contributed by atoms with Crippen molar-refractivity contribution < 1.29 is 14.2 Å². The van der Waals surface area contributed by atoms with Gasteiger partial charge in [0.05, 0.1) is 36.1 Å². The average Bonchev–Trinajstić information content (AvgIpc) is 3.56. The number of ether oxygens (including phenoxy) is 3. The summed E-state index contributed by atoms with van der Waals surface area (Å²) < 4.78 is 17.7. The highest BCUT2D eigenvalue weighted by Crippen LogP contribution is 2.47. The van der Waals surface area contributed by atoms with E-state index in [1.807, 2.05) is 42.0 Å². The Kier molecular flexibility index (Phi) is 6.27. The van der Waals surface area contributed by atoms with Crippen LogP contribution in [-0.2, 0) is 5.54 Å². The third-order valence-corrected chi connectivity index (χ3v) is 8.33. The molecule has 0 bridgehead atoms. The quantitative estimate of drug-likeness (QED) is 0.270. The standard InChI is InChI=1S/C22H22N4O3S3/c1-27-15-8-12(9-16(28-2)18(15)29-3)22(6-5-7-25-22)21-26-14(11-31-21)13-10-17(19(23)24)32-20(13)30-4/h5-11H,1-4H3,(H3,23,24). The summed E-state index contributed by atoms with van der Waals surface area (Å²) in [6.07, 6.45) is 7.71. The van der Waals surface area contributed by atoms with Crippen molar-refractivity contribution >= 4 is 46.5 Å². The second kappa shape index (κ2) is 8.97. The van der Waals surface area contributed by atoms with E-state index >= 15 is 0 Å². The molecule has 7 nitrogen and oxygen atoms in total. The molecule has 0 saturated carbocycles. The lowest BCUT2D eigenvalue weighted by Gasteiger charge is -2.24. The van der Waals surface area contributed by atoms with Crippen LogP contribution in [0.25, 0.3) is 11.3 Å². The van der Waals surface area contributed by atoms with Crippen LogP contribution in [0, 0.1) is 5.41 Å². The van der Waals surface area contributed by atoms with Crippen LogP contribution in [0.3, 0.4) is 0 Å². The van der Waals surface area contributed by atoms with Crippen molar-refractivity contribution in [1.82, 2.24) is 4.98 Å². The molecule has 0 amide bonds. The minimum Gasteiger partial charge on any atom is -0.493 e. The van der Waals surface area contributed by atoms with E-state index in [4.69, 9.17) is 35.3 Å². The largest absolute Gasteiger partial charge is 0.493 e. The molecule has 3 heterocycles. The number of thioether (sulfide) groups is 1. The number of benzene rings is 1. The van der Waals surface area contributed by atoms with Gasteiger partial charge in [0, 0.05) is 17.2 Å². The number of amidine groups is 1. The second-order valence-electron chi connectivity index (χ2n) is 6.79. The monoisotopic (exact) mass is 486 g/mol. The lowest BCUT2D eigenvalue weighted by molar-refractivity contribution is 0.323. The number of aliphatic imine (C=N–C) groups is 1. The van der Waals surface area contributed by atoms with Gasteiger partial charge < -0.3 is 19.9 Å². The molecule has 1 aliphatic heterocycles. The first kappa shape index (κ1) is 22.4. The minimum atomic E-state index is -0.797. The maximum absolute atomic E-state index is 7.78. The van der Waals surface area contributed by atoms with E-state index < -0.39 is 5.54 Å². The number of aromatic nitrogens is 1. The Morgan fingerprint density at radius 3 is 2.38 bits per heavy atom. The Morgan fingerprint density at radius 2 is 1.84 bits per heavy atom. The molecule has 0 aliphatic carbocycles. The number of nitrogens with two attached hydrogens (primary N) is 1. The zero-order chi connectivity index (χ0) is 22.9. The van der Waals surface area contributed by atoms with Crippen LogP contribution in [0.15, 0.2) is 44.9 Å². The predicted molar refractivity (Wildman–Crippen MR) is 133 cm³/mol. The summed E-state index contributed by atoms with van der Waals surface area (Å²) in [5, 5.41) is 10.6.